The molecule has 4 nitrogen and oxygen atoms in total. The van der Waals surface area contributed by atoms with Crippen molar-refractivity contribution < 1.29 is 4.79 Å². The van der Waals surface area contributed by atoms with Crippen molar-refractivity contribution in [3.05, 3.63) is 0 Å². The molecule has 1 aliphatic rings. The van der Waals surface area contributed by atoms with E-state index >= 15 is 0 Å². The summed E-state index contributed by atoms with van der Waals surface area (Å²) in [6.07, 6.45) is 3.19. The lowest BCUT2D eigenvalue weighted by Gasteiger charge is -2.33. The van der Waals surface area contributed by atoms with Crippen LogP contribution in [0, 0.1) is 5.92 Å². The molecule has 0 aromatic rings. The SMILES string of the molecule is CCC(C)[C@H](N)C(=O)NC1CCCN(CC)C1. The summed E-state index contributed by atoms with van der Waals surface area (Å²) < 4.78 is 0. The van der Waals surface area contributed by atoms with Crippen LogP contribution >= 0.6 is 0 Å². The second kappa shape index (κ2) is 6.97. The van der Waals surface area contributed by atoms with E-state index in [1.54, 1.807) is 0 Å². The molecule has 4 heteroatoms. The second-order valence-electron chi connectivity index (χ2n) is 5.15. The van der Waals surface area contributed by atoms with Crippen molar-refractivity contribution >= 4 is 5.91 Å². The molecule has 0 spiro atoms. The van der Waals surface area contributed by atoms with Crippen LogP contribution in [0.5, 0.6) is 0 Å². The number of nitrogens with two attached hydrogens (primary N) is 1. The van der Waals surface area contributed by atoms with Crippen molar-refractivity contribution in [2.75, 3.05) is 19.6 Å². The summed E-state index contributed by atoms with van der Waals surface area (Å²) in [6, 6.07) is -0.0803. The Morgan fingerprint density at radius 1 is 1.53 bits per heavy atom. The van der Waals surface area contributed by atoms with Crippen LogP contribution in [0.3, 0.4) is 0 Å². The fourth-order valence-electron chi connectivity index (χ4n) is 2.27. The van der Waals surface area contributed by atoms with E-state index in [2.05, 4.69) is 24.1 Å². The Bertz CT molecular complexity index is 245. The van der Waals surface area contributed by atoms with Crippen molar-refractivity contribution in [2.45, 2.75) is 52.1 Å². The summed E-state index contributed by atoms with van der Waals surface area (Å²) in [6.45, 7) is 9.44. The minimum absolute atomic E-state index is 0.0160. The van der Waals surface area contributed by atoms with Gasteiger partial charge in [-0.3, -0.25) is 4.79 Å². The normalized spacial score (nSPS) is 25.3. The average Bonchev–Trinajstić information content (AvgIpc) is 2.37. The van der Waals surface area contributed by atoms with Gasteiger partial charge >= 0.3 is 0 Å². The van der Waals surface area contributed by atoms with E-state index in [9.17, 15) is 4.79 Å². The minimum atomic E-state index is -0.364. The van der Waals surface area contributed by atoms with Gasteiger partial charge in [0.25, 0.3) is 0 Å². The highest BCUT2D eigenvalue weighted by atomic mass is 16.2. The van der Waals surface area contributed by atoms with Gasteiger partial charge in [-0.25, -0.2) is 0 Å². The number of likely N-dealkylation sites (tertiary alicyclic amines) is 1. The van der Waals surface area contributed by atoms with Crippen molar-refractivity contribution in [1.82, 2.24) is 10.2 Å². The predicted octanol–water partition coefficient (Wildman–Crippen LogP) is 0.960. The van der Waals surface area contributed by atoms with Gasteiger partial charge in [-0.05, 0) is 31.8 Å². The molecule has 0 bridgehead atoms. The number of nitrogens with zero attached hydrogens (tertiary/aromatic N) is 1. The molecule has 3 N–H and O–H groups in total. The molecule has 17 heavy (non-hydrogen) atoms. The van der Waals surface area contributed by atoms with Gasteiger partial charge in [-0.2, -0.15) is 0 Å². The lowest BCUT2D eigenvalue weighted by molar-refractivity contribution is -0.124. The highest BCUT2D eigenvalue weighted by Crippen LogP contribution is 2.11. The summed E-state index contributed by atoms with van der Waals surface area (Å²) in [5.41, 5.74) is 5.93. The number of amides is 1. The predicted molar refractivity (Wildman–Crippen MR) is 70.7 cm³/mol. The van der Waals surface area contributed by atoms with Gasteiger partial charge < -0.3 is 16.0 Å². The maximum atomic E-state index is 12.0. The molecule has 0 aromatic carbocycles. The Morgan fingerprint density at radius 3 is 2.82 bits per heavy atom. The first kappa shape index (κ1) is 14.5. The van der Waals surface area contributed by atoms with Gasteiger partial charge in [0.2, 0.25) is 5.91 Å². The smallest absolute Gasteiger partial charge is 0.237 e. The van der Waals surface area contributed by atoms with Crippen LogP contribution in [0.2, 0.25) is 0 Å². The van der Waals surface area contributed by atoms with Gasteiger partial charge in [-0.1, -0.05) is 27.2 Å². The summed E-state index contributed by atoms with van der Waals surface area (Å²) >= 11 is 0. The zero-order valence-corrected chi connectivity index (χ0v) is 11.4. The summed E-state index contributed by atoms with van der Waals surface area (Å²) in [4.78, 5) is 14.3. The molecule has 1 saturated heterocycles. The number of nitrogens with one attached hydrogen (secondary N) is 1. The monoisotopic (exact) mass is 241 g/mol. The van der Waals surface area contributed by atoms with Crippen molar-refractivity contribution in [3.8, 4) is 0 Å². The van der Waals surface area contributed by atoms with Gasteiger partial charge in [0.1, 0.15) is 0 Å². The third kappa shape index (κ3) is 4.28. The first-order valence-electron chi connectivity index (χ1n) is 6.86. The van der Waals surface area contributed by atoms with Crippen molar-refractivity contribution in [2.24, 2.45) is 11.7 Å². The Kier molecular flexibility index (Phi) is 5.92. The molecule has 1 fully saturated rings. The van der Waals surface area contributed by atoms with Gasteiger partial charge in [0.05, 0.1) is 6.04 Å². The molecule has 1 aliphatic heterocycles. The summed E-state index contributed by atoms with van der Waals surface area (Å²) in [5.74, 6) is 0.267. The number of carbonyl (C=O) groups is 1. The largest absolute Gasteiger partial charge is 0.351 e. The molecular weight excluding hydrogens is 214 g/mol. The van der Waals surface area contributed by atoms with Crippen LogP contribution in [-0.2, 0) is 4.79 Å². The molecule has 1 rings (SSSR count). The van der Waals surface area contributed by atoms with Crippen molar-refractivity contribution in [1.29, 1.82) is 0 Å². The fourth-order valence-corrected chi connectivity index (χ4v) is 2.27. The summed E-state index contributed by atoms with van der Waals surface area (Å²) in [7, 11) is 0. The zero-order valence-electron chi connectivity index (χ0n) is 11.4. The van der Waals surface area contributed by atoms with Crippen LogP contribution in [-0.4, -0.2) is 42.5 Å². The van der Waals surface area contributed by atoms with E-state index in [1.165, 1.54) is 0 Å². The molecule has 0 aliphatic carbocycles. The first-order valence-corrected chi connectivity index (χ1v) is 6.86. The zero-order chi connectivity index (χ0) is 12.8. The van der Waals surface area contributed by atoms with Crippen LogP contribution in [0.4, 0.5) is 0 Å². The topological polar surface area (TPSA) is 58.4 Å². The van der Waals surface area contributed by atoms with E-state index in [0.717, 1.165) is 38.9 Å². The molecular formula is C13H27N3O. The second-order valence-corrected chi connectivity index (χ2v) is 5.15. The number of piperidine rings is 1. The number of hydrogen-bond acceptors (Lipinski definition) is 3. The van der Waals surface area contributed by atoms with Crippen LogP contribution in [0.25, 0.3) is 0 Å². The molecule has 0 radical (unpaired) electrons. The van der Waals surface area contributed by atoms with E-state index in [-0.39, 0.29) is 23.9 Å². The number of hydrogen-bond donors (Lipinski definition) is 2. The Morgan fingerprint density at radius 2 is 2.24 bits per heavy atom. The minimum Gasteiger partial charge on any atom is -0.351 e. The van der Waals surface area contributed by atoms with E-state index in [1.807, 2.05) is 6.92 Å². The number of rotatable bonds is 5. The summed E-state index contributed by atoms with van der Waals surface area (Å²) in [5, 5.41) is 3.09. The number of likely N-dealkylation sites (N-methyl/N-ethyl adjacent to an activating group) is 1. The van der Waals surface area contributed by atoms with E-state index in [4.69, 9.17) is 5.73 Å². The fraction of sp³-hybridized carbons (Fsp3) is 0.923. The lowest BCUT2D eigenvalue weighted by atomic mass is 9.98. The molecule has 100 valence electrons. The van der Waals surface area contributed by atoms with Crippen LogP contribution < -0.4 is 11.1 Å². The van der Waals surface area contributed by atoms with Crippen molar-refractivity contribution in [3.63, 3.8) is 0 Å². The van der Waals surface area contributed by atoms with Crippen LogP contribution in [0.15, 0.2) is 0 Å². The maximum absolute atomic E-state index is 12.0. The standard InChI is InChI=1S/C13H27N3O/c1-4-10(3)12(14)13(17)15-11-7-6-8-16(5-2)9-11/h10-12H,4-9,14H2,1-3H3,(H,15,17)/t10?,11?,12-/m0/s1. The third-order valence-electron chi connectivity index (χ3n) is 3.86. The maximum Gasteiger partial charge on any atom is 0.237 e. The average molecular weight is 241 g/mol. The molecule has 0 aromatic heterocycles. The first-order chi connectivity index (χ1) is 8.08. The Balaban J connectivity index is 2.40. The van der Waals surface area contributed by atoms with Crippen LogP contribution in [0.1, 0.15) is 40.0 Å². The van der Waals surface area contributed by atoms with E-state index in [0.29, 0.717) is 0 Å². The lowest BCUT2D eigenvalue weighted by Crippen LogP contribution is -2.53. The number of carbonyl (C=O) groups excluding carboxylic acids is 1. The molecule has 3 atom stereocenters. The van der Waals surface area contributed by atoms with Gasteiger partial charge in [0.15, 0.2) is 0 Å². The Labute approximate surface area is 105 Å². The Hall–Kier alpha value is -0.610. The molecule has 1 amide bonds. The molecule has 0 saturated carbocycles. The van der Waals surface area contributed by atoms with Gasteiger partial charge in [0, 0.05) is 12.6 Å². The quantitative estimate of drug-likeness (QED) is 0.754. The highest BCUT2D eigenvalue weighted by molar-refractivity contribution is 5.82. The third-order valence-corrected chi connectivity index (χ3v) is 3.86. The highest BCUT2D eigenvalue weighted by Gasteiger charge is 2.24. The molecule has 2 unspecified atom stereocenters. The molecule has 1 heterocycles. The van der Waals surface area contributed by atoms with E-state index < -0.39 is 0 Å². The van der Waals surface area contributed by atoms with Gasteiger partial charge in [-0.15, -0.1) is 0 Å².